The van der Waals surface area contributed by atoms with Crippen molar-refractivity contribution in [3.8, 4) is 12.1 Å². The number of hydrogen-bond donors (Lipinski definition) is 0. The smallest absolute Gasteiger partial charge is 0.320 e. The molecule has 0 radical (unpaired) electrons. The van der Waals surface area contributed by atoms with Crippen LogP contribution in [0.2, 0.25) is 0 Å². The van der Waals surface area contributed by atoms with Gasteiger partial charge in [-0.3, -0.25) is 0 Å². The average Bonchev–Trinajstić information content (AvgIpc) is 3.51. The van der Waals surface area contributed by atoms with Crippen molar-refractivity contribution >= 4 is 6.03 Å². The van der Waals surface area contributed by atoms with Crippen LogP contribution in [-0.4, -0.2) is 35.5 Å². The number of nitrogens with zero attached hydrogens (tertiary/aromatic N) is 4. The van der Waals surface area contributed by atoms with Crippen LogP contribution in [0.1, 0.15) is 19.3 Å². The van der Waals surface area contributed by atoms with Crippen molar-refractivity contribution in [3.63, 3.8) is 0 Å². The summed E-state index contributed by atoms with van der Waals surface area (Å²) in [5.74, 6) is 0.305. The molecular formula is C20H20N4O. The normalized spacial score (nSPS) is 41.1. The van der Waals surface area contributed by atoms with Gasteiger partial charge in [-0.15, -0.1) is 0 Å². The molecule has 126 valence electrons. The fraction of sp³-hybridized carbons (Fsp3) is 0.450. The molecule has 0 aromatic carbocycles. The molecule has 0 aromatic heterocycles. The van der Waals surface area contributed by atoms with Gasteiger partial charge >= 0.3 is 6.03 Å². The fourth-order valence-electron chi connectivity index (χ4n) is 4.24. The molecule has 3 aliphatic carbocycles. The summed E-state index contributed by atoms with van der Waals surface area (Å²) >= 11 is 0. The van der Waals surface area contributed by atoms with E-state index in [1.807, 2.05) is 29.2 Å². The summed E-state index contributed by atoms with van der Waals surface area (Å²) in [7, 11) is 1.75. The van der Waals surface area contributed by atoms with Gasteiger partial charge in [-0.05, 0) is 30.4 Å². The van der Waals surface area contributed by atoms with Crippen LogP contribution in [0.5, 0.6) is 0 Å². The fourth-order valence-corrected chi connectivity index (χ4v) is 4.24. The Morgan fingerprint density at radius 3 is 2.88 bits per heavy atom. The Morgan fingerprint density at radius 2 is 2.12 bits per heavy atom. The molecule has 0 aromatic rings. The first kappa shape index (κ1) is 15.7. The van der Waals surface area contributed by atoms with Crippen LogP contribution in [0.25, 0.3) is 0 Å². The lowest BCUT2D eigenvalue weighted by atomic mass is 9.82. The third kappa shape index (κ3) is 2.23. The van der Waals surface area contributed by atoms with E-state index in [-0.39, 0.29) is 17.5 Å². The molecule has 0 bridgehead atoms. The minimum atomic E-state index is -0.445. The molecule has 4 atom stereocenters. The Hall–Kier alpha value is -2.79. The molecular weight excluding hydrogens is 312 g/mol. The molecule has 5 heteroatoms. The molecule has 25 heavy (non-hydrogen) atoms. The Bertz CT molecular complexity index is 824. The number of fused-ring (bicyclic) bond motifs is 2. The second-order valence-corrected chi connectivity index (χ2v) is 7.35. The second kappa shape index (κ2) is 5.36. The van der Waals surface area contributed by atoms with Crippen molar-refractivity contribution in [2.75, 3.05) is 13.6 Å². The van der Waals surface area contributed by atoms with Crippen molar-refractivity contribution < 1.29 is 4.79 Å². The molecule has 2 saturated carbocycles. The Kier molecular flexibility index (Phi) is 3.37. The van der Waals surface area contributed by atoms with Gasteiger partial charge in [0.25, 0.3) is 0 Å². The minimum absolute atomic E-state index is 0.0624. The summed E-state index contributed by atoms with van der Waals surface area (Å²) in [6, 6.07) is 4.72. The molecule has 5 nitrogen and oxygen atoms in total. The number of carbonyl (C=O) groups excluding carboxylic acids is 1. The maximum atomic E-state index is 12.7. The highest BCUT2D eigenvalue weighted by molar-refractivity contribution is 5.76. The molecule has 0 spiro atoms. The van der Waals surface area contributed by atoms with E-state index < -0.39 is 5.41 Å². The number of hydrogen-bond acceptors (Lipinski definition) is 3. The topological polar surface area (TPSA) is 71.1 Å². The number of nitriles is 2. The van der Waals surface area contributed by atoms with Crippen LogP contribution in [0.15, 0.2) is 48.2 Å². The molecule has 4 aliphatic rings. The Morgan fingerprint density at radius 1 is 1.32 bits per heavy atom. The lowest BCUT2D eigenvalue weighted by Gasteiger charge is -2.25. The number of rotatable bonds is 3. The van der Waals surface area contributed by atoms with E-state index in [0.717, 1.165) is 18.4 Å². The first-order valence-corrected chi connectivity index (χ1v) is 8.66. The van der Waals surface area contributed by atoms with E-state index in [4.69, 9.17) is 5.26 Å². The summed E-state index contributed by atoms with van der Waals surface area (Å²) in [6.45, 7) is 0.466. The molecule has 0 saturated heterocycles. The van der Waals surface area contributed by atoms with Gasteiger partial charge in [-0.25, -0.2) is 4.79 Å². The van der Waals surface area contributed by atoms with Gasteiger partial charge in [-0.1, -0.05) is 30.4 Å². The van der Waals surface area contributed by atoms with Crippen molar-refractivity contribution in [1.82, 2.24) is 9.80 Å². The first-order chi connectivity index (χ1) is 12.1. The maximum Gasteiger partial charge on any atom is 0.324 e. The third-order valence-electron chi connectivity index (χ3n) is 5.90. The van der Waals surface area contributed by atoms with Crippen LogP contribution >= 0.6 is 0 Å². The van der Waals surface area contributed by atoms with Crippen LogP contribution in [0, 0.1) is 39.4 Å². The van der Waals surface area contributed by atoms with Gasteiger partial charge in [-0.2, -0.15) is 10.5 Å². The number of urea groups is 1. The molecule has 1 aliphatic heterocycles. The summed E-state index contributed by atoms with van der Waals surface area (Å²) in [6.07, 6.45) is 16.2. The van der Waals surface area contributed by atoms with E-state index in [9.17, 15) is 10.1 Å². The molecule has 0 N–H and O–H groups in total. The lowest BCUT2D eigenvalue weighted by Crippen LogP contribution is -2.41. The average molecular weight is 332 g/mol. The highest BCUT2D eigenvalue weighted by Crippen LogP contribution is 2.71. The highest BCUT2D eigenvalue weighted by atomic mass is 16.2. The van der Waals surface area contributed by atoms with Gasteiger partial charge in [0, 0.05) is 31.2 Å². The summed E-state index contributed by atoms with van der Waals surface area (Å²) < 4.78 is 0. The second-order valence-electron chi connectivity index (χ2n) is 7.35. The van der Waals surface area contributed by atoms with E-state index in [1.165, 1.54) is 0 Å². The summed E-state index contributed by atoms with van der Waals surface area (Å²) in [5, 5.41) is 18.6. The van der Waals surface area contributed by atoms with Crippen molar-refractivity contribution in [1.29, 1.82) is 10.5 Å². The van der Waals surface area contributed by atoms with Crippen LogP contribution < -0.4 is 0 Å². The van der Waals surface area contributed by atoms with Gasteiger partial charge in [0.05, 0.1) is 24.0 Å². The van der Waals surface area contributed by atoms with E-state index in [0.29, 0.717) is 18.9 Å². The summed E-state index contributed by atoms with van der Waals surface area (Å²) in [5.41, 5.74) is 0.426. The Balaban J connectivity index is 1.68. The van der Waals surface area contributed by atoms with Gasteiger partial charge in [0.2, 0.25) is 0 Å². The quantitative estimate of drug-likeness (QED) is 0.797. The van der Waals surface area contributed by atoms with Crippen LogP contribution in [0.3, 0.4) is 0 Å². The van der Waals surface area contributed by atoms with Crippen molar-refractivity contribution in [2.45, 2.75) is 25.3 Å². The van der Waals surface area contributed by atoms with Gasteiger partial charge in [0.15, 0.2) is 0 Å². The predicted octanol–water partition coefficient (Wildman–Crippen LogP) is 3.12. The zero-order valence-corrected chi connectivity index (χ0v) is 14.2. The standard InChI is InChI=1S/C20H20N4O/c1-23-10-5-16(20-7-3-2-6-19(20,13-20)14-22)11-15-12-17(15)24(18(23)25)9-4-8-21/h2-3,5-7,10-11,15,17H,4,9,12-13H2,1H3/b10-5+,16-11+. The first-order valence-electron chi connectivity index (χ1n) is 8.66. The van der Waals surface area contributed by atoms with Crippen molar-refractivity contribution in [3.05, 3.63) is 48.2 Å². The van der Waals surface area contributed by atoms with E-state index >= 15 is 0 Å². The molecule has 4 unspecified atom stereocenters. The Labute approximate surface area is 147 Å². The highest BCUT2D eigenvalue weighted by Gasteiger charge is 2.67. The maximum absolute atomic E-state index is 12.7. The van der Waals surface area contributed by atoms with Crippen LogP contribution in [0.4, 0.5) is 4.79 Å². The number of carbonyl (C=O) groups is 1. The summed E-state index contributed by atoms with van der Waals surface area (Å²) in [4.78, 5) is 16.1. The molecule has 2 amide bonds. The van der Waals surface area contributed by atoms with Crippen molar-refractivity contribution in [2.24, 2.45) is 16.7 Å². The third-order valence-corrected chi connectivity index (χ3v) is 5.90. The zero-order valence-electron chi connectivity index (χ0n) is 14.2. The zero-order chi connectivity index (χ0) is 17.7. The SMILES string of the molecule is CN1/C=C/C(C23C=CC=CC2(C#N)C3)=C\C2CC2N(CCC#N)C1=O. The largest absolute Gasteiger partial charge is 0.324 e. The predicted molar refractivity (Wildman–Crippen MR) is 92.6 cm³/mol. The van der Waals surface area contributed by atoms with Gasteiger partial charge in [0.1, 0.15) is 0 Å². The monoisotopic (exact) mass is 332 g/mol. The van der Waals surface area contributed by atoms with E-state index in [1.54, 1.807) is 18.1 Å². The minimum Gasteiger partial charge on any atom is -0.320 e. The van der Waals surface area contributed by atoms with E-state index in [2.05, 4.69) is 24.3 Å². The number of allylic oxidation sites excluding steroid dienone is 6. The molecule has 4 rings (SSSR count). The van der Waals surface area contributed by atoms with Crippen LogP contribution in [-0.2, 0) is 0 Å². The van der Waals surface area contributed by atoms with Gasteiger partial charge < -0.3 is 9.80 Å². The lowest BCUT2D eigenvalue weighted by molar-refractivity contribution is 0.173. The molecule has 2 fully saturated rings. The number of amides is 2. The molecule has 1 heterocycles.